The van der Waals surface area contributed by atoms with Gasteiger partial charge in [-0.1, -0.05) is 11.6 Å². The van der Waals surface area contributed by atoms with Gasteiger partial charge in [0, 0.05) is 19.2 Å². The lowest BCUT2D eigenvalue weighted by atomic mass is 10.2. The molecular formula is C11H16ClNO2S. The van der Waals surface area contributed by atoms with E-state index in [-0.39, 0.29) is 18.6 Å². The fraction of sp³-hybridized carbons (Fsp3) is 0.545. The van der Waals surface area contributed by atoms with Crippen LogP contribution in [-0.4, -0.2) is 35.1 Å². The van der Waals surface area contributed by atoms with Crippen LogP contribution in [0.5, 0.6) is 0 Å². The Balaban J connectivity index is 2.74. The summed E-state index contributed by atoms with van der Waals surface area (Å²) in [6.07, 6.45) is 0.600. The summed E-state index contributed by atoms with van der Waals surface area (Å²) < 4.78 is 0.620. The van der Waals surface area contributed by atoms with Gasteiger partial charge in [-0.3, -0.25) is 4.79 Å². The Kier molecular flexibility index (Phi) is 5.25. The fourth-order valence-corrected chi connectivity index (χ4v) is 2.41. The molecule has 0 aliphatic rings. The Hall–Kier alpha value is -0.580. The summed E-state index contributed by atoms with van der Waals surface area (Å²) in [6, 6.07) is 3.59. The molecule has 0 atom stereocenters. The molecule has 5 heteroatoms. The van der Waals surface area contributed by atoms with Gasteiger partial charge < -0.3 is 10.0 Å². The largest absolute Gasteiger partial charge is 0.396 e. The highest BCUT2D eigenvalue weighted by molar-refractivity contribution is 7.17. The van der Waals surface area contributed by atoms with Crippen LogP contribution in [0, 0.1) is 0 Å². The Morgan fingerprint density at radius 1 is 1.56 bits per heavy atom. The molecule has 0 radical (unpaired) electrons. The van der Waals surface area contributed by atoms with Crippen LogP contribution in [0.4, 0.5) is 0 Å². The van der Waals surface area contributed by atoms with Gasteiger partial charge in [-0.25, -0.2) is 0 Å². The van der Waals surface area contributed by atoms with Crippen LogP contribution in [0.3, 0.4) is 0 Å². The van der Waals surface area contributed by atoms with Crippen molar-refractivity contribution in [2.75, 3.05) is 13.2 Å². The van der Waals surface area contributed by atoms with Crippen molar-refractivity contribution in [3.63, 3.8) is 0 Å². The van der Waals surface area contributed by atoms with Gasteiger partial charge >= 0.3 is 0 Å². The van der Waals surface area contributed by atoms with E-state index in [4.69, 9.17) is 16.7 Å². The Morgan fingerprint density at radius 2 is 2.25 bits per heavy atom. The third-order valence-electron chi connectivity index (χ3n) is 2.23. The Labute approximate surface area is 105 Å². The summed E-state index contributed by atoms with van der Waals surface area (Å²) in [5.74, 6) is -0.0136. The quantitative estimate of drug-likeness (QED) is 0.885. The summed E-state index contributed by atoms with van der Waals surface area (Å²) in [4.78, 5) is 14.5. The predicted octanol–water partition coefficient (Wildman–Crippen LogP) is 2.63. The Morgan fingerprint density at radius 3 is 2.69 bits per heavy atom. The molecule has 0 aromatic carbocycles. The molecule has 90 valence electrons. The molecule has 1 aromatic rings. The molecule has 1 aromatic heterocycles. The lowest BCUT2D eigenvalue weighted by molar-refractivity contribution is 0.0698. The zero-order valence-corrected chi connectivity index (χ0v) is 11.0. The molecule has 3 nitrogen and oxygen atoms in total. The molecule has 1 heterocycles. The van der Waals surface area contributed by atoms with Crippen molar-refractivity contribution in [3.8, 4) is 0 Å². The number of rotatable bonds is 5. The minimum atomic E-state index is -0.0136. The minimum Gasteiger partial charge on any atom is -0.396 e. The van der Waals surface area contributed by atoms with Crippen molar-refractivity contribution < 1.29 is 9.90 Å². The standard InChI is InChI=1S/C11H16ClNO2S/c1-8(2)13(6-3-7-14)11(15)9-4-5-10(12)16-9/h4-5,8,14H,3,6-7H2,1-2H3. The van der Waals surface area contributed by atoms with Gasteiger partial charge in [0.25, 0.3) is 5.91 Å². The molecule has 0 saturated carbocycles. The van der Waals surface area contributed by atoms with Crippen LogP contribution in [0.2, 0.25) is 4.34 Å². The average Bonchev–Trinajstić information content (AvgIpc) is 2.64. The number of aliphatic hydroxyl groups excluding tert-OH is 1. The van der Waals surface area contributed by atoms with E-state index in [1.54, 1.807) is 17.0 Å². The number of hydrogen-bond donors (Lipinski definition) is 1. The molecule has 0 aliphatic heterocycles. The normalized spacial score (nSPS) is 10.8. The SMILES string of the molecule is CC(C)N(CCCO)C(=O)c1ccc(Cl)s1. The molecule has 0 bridgehead atoms. The zero-order chi connectivity index (χ0) is 12.1. The number of nitrogens with zero attached hydrogens (tertiary/aromatic N) is 1. The number of amides is 1. The number of aliphatic hydroxyl groups is 1. The maximum absolute atomic E-state index is 12.1. The molecule has 16 heavy (non-hydrogen) atoms. The first-order valence-electron chi connectivity index (χ1n) is 5.23. The highest BCUT2D eigenvalue weighted by Gasteiger charge is 2.19. The first-order chi connectivity index (χ1) is 7.56. The molecular weight excluding hydrogens is 246 g/mol. The minimum absolute atomic E-state index is 0.0136. The molecule has 0 saturated heterocycles. The van der Waals surface area contributed by atoms with Gasteiger partial charge in [0.05, 0.1) is 9.21 Å². The van der Waals surface area contributed by atoms with E-state index in [1.165, 1.54) is 11.3 Å². The number of carbonyl (C=O) groups excluding carboxylic acids is 1. The van der Waals surface area contributed by atoms with Crippen molar-refractivity contribution >= 4 is 28.8 Å². The van der Waals surface area contributed by atoms with Gasteiger partial charge in [0.15, 0.2) is 0 Å². The third kappa shape index (κ3) is 3.47. The molecule has 1 amide bonds. The van der Waals surface area contributed by atoms with Crippen LogP contribution in [0.15, 0.2) is 12.1 Å². The summed E-state index contributed by atoms with van der Waals surface area (Å²) in [7, 11) is 0. The van der Waals surface area contributed by atoms with E-state index in [0.717, 1.165) is 0 Å². The first kappa shape index (κ1) is 13.5. The number of hydrogen-bond acceptors (Lipinski definition) is 3. The Bertz CT molecular complexity index is 352. The average molecular weight is 262 g/mol. The highest BCUT2D eigenvalue weighted by atomic mass is 35.5. The molecule has 1 rings (SSSR count). The van der Waals surface area contributed by atoms with Crippen molar-refractivity contribution in [1.29, 1.82) is 0 Å². The van der Waals surface area contributed by atoms with Crippen molar-refractivity contribution in [1.82, 2.24) is 4.90 Å². The summed E-state index contributed by atoms with van der Waals surface area (Å²) in [5, 5.41) is 8.80. The number of thiophene rings is 1. The van der Waals surface area contributed by atoms with E-state index >= 15 is 0 Å². The van der Waals surface area contributed by atoms with Gasteiger partial charge in [-0.2, -0.15) is 0 Å². The molecule has 1 N–H and O–H groups in total. The van der Waals surface area contributed by atoms with E-state index in [1.807, 2.05) is 13.8 Å². The topological polar surface area (TPSA) is 40.5 Å². The number of halogens is 1. The molecule has 0 fully saturated rings. The van der Waals surface area contributed by atoms with E-state index in [9.17, 15) is 4.79 Å². The maximum Gasteiger partial charge on any atom is 0.264 e. The number of carbonyl (C=O) groups is 1. The van der Waals surface area contributed by atoms with Gasteiger partial charge in [0.1, 0.15) is 0 Å². The van der Waals surface area contributed by atoms with Crippen molar-refractivity contribution in [2.45, 2.75) is 26.3 Å². The second-order valence-electron chi connectivity index (χ2n) is 3.77. The van der Waals surface area contributed by atoms with Crippen LogP contribution < -0.4 is 0 Å². The smallest absolute Gasteiger partial charge is 0.264 e. The van der Waals surface area contributed by atoms with E-state index < -0.39 is 0 Å². The van der Waals surface area contributed by atoms with E-state index in [0.29, 0.717) is 22.2 Å². The third-order valence-corrected chi connectivity index (χ3v) is 3.44. The van der Waals surface area contributed by atoms with E-state index in [2.05, 4.69) is 0 Å². The first-order valence-corrected chi connectivity index (χ1v) is 6.43. The molecule has 0 aliphatic carbocycles. The lowest BCUT2D eigenvalue weighted by Crippen LogP contribution is -2.37. The van der Waals surface area contributed by atoms with Crippen LogP contribution in [-0.2, 0) is 0 Å². The molecule has 0 spiro atoms. The van der Waals surface area contributed by atoms with Crippen LogP contribution >= 0.6 is 22.9 Å². The fourth-order valence-electron chi connectivity index (χ4n) is 1.41. The second-order valence-corrected chi connectivity index (χ2v) is 5.49. The zero-order valence-electron chi connectivity index (χ0n) is 9.44. The maximum atomic E-state index is 12.1. The molecule has 0 unspecified atom stereocenters. The predicted molar refractivity (Wildman–Crippen MR) is 67.2 cm³/mol. The monoisotopic (exact) mass is 261 g/mol. The van der Waals surface area contributed by atoms with Crippen molar-refractivity contribution in [2.24, 2.45) is 0 Å². The lowest BCUT2D eigenvalue weighted by Gasteiger charge is -2.25. The highest BCUT2D eigenvalue weighted by Crippen LogP contribution is 2.23. The van der Waals surface area contributed by atoms with Crippen molar-refractivity contribution in [3.05, 3.63) is 21.3 Å². The summed E-state index contributed by atoms with van der Waals surface area (Å²) in [5.41, 5.74) is 0. The summed E-state index contributed by atoms with van der Waals surface area (Å²) in [6.45, 7) is 4.60. The summed E-state index contributed by atoms with van der Waals surface area (Å²) >= 11 is 7.09. The van der Waals surface area contributed by atoms with Gasteiger partial charge in [-0.05, 0) is 32.4 Å². The van der Waals surface area contributed by atoms with Gasteiger partial charge in [0.2, 0.25) is 0 Å². The van der Waals surface area contributed by atoms with Gasteiger partial charge in [-0.15, -0.1) is 11.3 Å². The van der Waals surface area contributed by atoms with Crippen LogP contribution in [0.25, 0.3) is 0 Å². The van der Waals surface area contributed by atoms with Crippen LogP contribution in [0.1, 0.15) is 29.9 Å². The second kappa shape index (κ2) is 6.23.